The average molecular weight is 201 g/mol. The van der Waals surface area contributed by atoms with Gasteiger partial charge in [0.25, 0.3) is 0 Å². The molecule has 80 valence electrons. The molecule has 1 aromatic rings. The maximum Gasteiger partial charge on any atom is 0.0282 e. The summed E-state index contributed by atoms with van der Waals surface area (Å²) in [6, 6.07) is 10.9. The van der Waals surface area contributed by atoms with Gasteiger partial charge in [-0.1, -0.05) is 43.7 Å². The standard InChI is InChI=1S/C14H19N/c1-11-10-14(11,15)13(8-5-9-13)12-6-3-2-4-7-12/h2-4,6-7,11H,5,8-10,15H2,1H3. The minimum atomic E-state index is 0.104. The first-order valence-electron chi connectivity index (χ1n) is 6.03. The van der Waals surface area contributed by atoms with Gasteiger partial charge in [-0.25, -0.2) is 0 Å². The summed E-state index contributed by atoms with van der Waals surface area (Å²) in [5, 5.41) is 0. The third-order valence-corrected chi connectivity index (χ3v) is 4.79. The summed E-state index contributed by atoms with van der Waals surface area (Å²) in [5.74, 6) is 0.706. The van der Waals surface area contributed by atoms with Crippen molar-refractivity contribution in [2.45, 2.75) is 43.6 Å². The minimum absolute atomic E-state index is 0.104. The molecule has 0 radical (unpaired) electrons. The van der Waals surface area contributed by atoms with Gasteiger partial charge >= 0.3 is 0 Å². The lowest BCUT2D eigenvalue weighted by atomic mass is 9.58. The van der Waals surface area contributed by atoms with Crippen molar-refractivity contribution >= 4 is 0 Å². The van der Waals surface area contributed by atoms with Crippen LogP contribution in [0.5, 0.6) is 0 Å². The van der Waals surface area contributed by atoms with Crippen molar-refractivity contribution in [2.24, 2.45) is 11.7 Å². The fourth-order valence-corrected chi connectivity index (χ4v) is 3.43. The molecule has 3 rings (SSSR count). The Balaban J connectivity index is 2.01. The Kier molecular flexibility index (Phi) is 1.79. The Morgan fingerprint density at radius 1 is 1.20 bits per heavy atom. The maximum absolute atomic E-state index is 6.56. The molecule has 2 N–H and O–H groups in total. The number of rotatable bonds is 2. The van der Waals surface area contributed by atoms with Gasteiger partial charge in [0.05, 0.1) is 0 Å². The summed E-state index contributed by atoms with van der Waals surface area (Å²) in [6.07, 6.45) is 5.14. The van der Waals surface area contributed by atoms with Crippen LogP contribution in [0, 0.1) is 5.92 Å². The molecule has 0 spiro atoms. The third-order valence-electron chi connectivity index (χ3n) is 4.79. The maximum atomic E-state index is 6.56. The van der Waals surface area contributed by atoms with E-state index in [-0.39, 0.29) is 5.54 Å². The van der Waals surface area contributed by atoms with E-state index in [4.69, 9.17) is 5.73 Å². The van der Waals surface area contributed by atoms with Crippen molar-refractivity contribution in [3.63, 3.8) is 0 Å². The van der Waals surface area contributed by atoms with Crippen LogP contribution < -0.4 is 5.73 Å². The van der Waals surface area contributed by atoms with Gasteiger partial charge in [-0.3, -0.25) is 0 Å². The molecule has 2 fully saturated rings. The molecule has 1 aromatic carbocycles. The topological polar surface area (TPSA) is 26.0 Å². The van der Waals surface area contributed by atoms with Crippen LogP contribution >= 0.6 is 0 Å². The third kappa shape index (κ3) is 1.07. The molecule has 2 unspecified atom stereocenters. The lowest BCUT2D eigenvalue weighted by Crippen LogP contribution is -2.53. The van der Waals surface area contributed by atoms with Crippen LogP contribution in [0.2, 0.25) is 0 Å². The Morgan fingerprint density at radius 2 is 1.80 bits per heavy atom. The Morgan fingerprint density at radius 3 is 2.20 bits per heavy atom. The second kappa shape index (κ2) is 2.85. The molecule has 2 aliphatic carbocycles. The summed E-state index contributed by atoms with van der Waals surface area (Å²) in [5.41, 5.74) is 8.45. The smallest absolute Gasteiger partial charge is 0.0282 e. The second-order valence-corrected chi connectivity index (χ2v) is 5.45. The van der Waals surface area contributed by atoms with Crippen molar-refractivity contribution in [1.29, 1.82) is 0 Å². The molecule has 0 saturated heterocycles. The van der Waals surface area contributed by atoms with Crippen molar-refractivity contribution in [2.75, 3.05) is 0 Å². The lowest BCUT2D eigenvalue weighted by molar-refractivity contribution is 0.172. The Hall–Kier alpha value is -0.820. The van der Waals surface area contributed by atoms with Crippen LogP contribution in [0.15, 0.2) is 30.3 Å². The molecule has 2 atom stereocenters. The van der Waals surface area contributed by atoms with Gasteiger partial charge in [0.1, 0.15) is 0 Å². The van der Waals surface area contributed by atoms with Crippen molar-refractivity contribution in [3.8, 4) is 0 Å². The van der Waals surface area contributed by atoms with Crippen LogP contribution in [0.4, 0.5) is 0 Å². The molecule has 2 aliphatic rings. The Bertz CT molecular complexity index is 366. The van der Waals surface area contributed by atoms with Gasteiger partial charge in [0.2, 0.25) is 0 Å². The summed E-state index contributed by atoms with van der Waals surface area (Å²) >= 11 is 0. The van der Waals surface area contributed by atoms with E-state index in [0.717, 1.165) is 0 Å². The summed E-state index contributed by atoms with van der Waals surface area (Å²) in [4.78, 5) is 0. The van der Waals surface area contributed by atoms with Gasteiger partial charge in [-0.05, 0) is 30.7 Å². The molecule has 0 bridgehead atoms. The molecule has 0 amide bonds. The molecule has 15 heavy (non-hydrogen) atoms. The predicted molar refractivity (Wildman–Crippen MR) is 62.7 cm³/mol. The van der Waals surface area contributed by atoms with E-state index in [2.05, 4.69) is 37.3 Å². The number of benzene rings is 1. The Labute approximate surface area is 91.7 Å². The lowest BCUT2D eigenvalue weighted by Gasteiger charge is -2.48. The zero-order valence-electron chi connectivity index (χ0n) is 9.37. The van der Waals surface area contributed by atoms with E-state index in [1.54, 1.807) is 0 Å². The van der Waals surface area contributed by atoms with Crippen LogP contribution in [0.25, 0.3) is 0 Å². The quantitative estimate of drug-likeness (QED) is 0.782. The van der Waals surface area contributed by atoms with E-state index < -0.39 is 0 Å². The first kappa shape index (κ1) is 9.41. The highest BCUT2D eigenvalue weighted by Crippen LogP contribution is 2.62. The van der Waals surface area contributed by atoms with E-state index in [1.165, 1.54) is 31.2 Å². The molecule has 0 heterocycles. The molecule has 1 nitrogen and oxygen atoms in total. The highest BCUT2D eigenvalue weighted by Gasteiger charge is 2.64. The second-order valence-electron chi connectivity index (χ2n) is 5.45. The van der Waals surface area contributed by atoms with Crippen LogP contribution in [0.3, 0.4) is 0 Å². The monoisotopic (exact) mass is 201 g/mol. The highest BCUT2D eigenvalue weighted by atomic mass is 14.9. The fraction of sp³-hybridized carbons (Fsp3) is 0.571. The van der Waals surface area contributed by atoms with Crippen molar-refractivity contribution in [3.05, 3.63) is 35.9 Å². The summed E-state index contributed by atoms with van der Waals surface area (Å²) in [7, 11) is 0. The molecule has 0 aliphatic heterocycles. The van der Waals surface area contributed by atoms with Gasteiger partial charge in [0.15, 0.2) is 0 Å². The van der Waals surface area contributed by atoms with Gasteiger partial charge < -0.3 is 5.73 Å². The number of hydrogen-bond acceptors (Lipinski definition) is 1. The van der Waals surface area contributed by atoms with E-state index in [0.29, 0.717) is 11.3 Å². The molecule has 0 aromatic heterocycles. The van der Waals surface area contributed by atoms with Crippen LogP contribution in [-0.4, -0.2) is 5.54 Å². The first-order valence-corrected chi connectivity index (χ1v) is 6.03. The molecular formula is C14H19N. The summed E-state index contributed by atoms with van der Waals surface area (Å²) < 4.78 is 0. The summed E-state index contributed by atoms with van der Waals surface area (Å²) in [6.45, 7) is 2.29. The van der Waals surface area contributed by atoms with Crippen molar-refractivity contribution in [1.82, 2.24) is 0 Å². The SMILES string of the molecule is CC1CC1(N)C1(c2ccccc2)CCC1. The van der Waals surface area contributed by atoms with Crippen LogP contribution in [0.1, 0.15) is 38.2 Å². The first-order chi connectivity index (χ1) is 7.19. The van der Waals surface area contributed by atoms with E-state index in [9.17, 15) is 0 Å². The zero-order valence-corrected chi connectivity index (χ0v) is 9.37. The number of nitrogens with two attached hydrogens (primary N) is 1. The zero-order chi connectivity index (χ0) is 10.5. The normalized spacial score (nSPS) is 37.1. The minimum Gasteiger partial charge on any atom is -0.324 e. The van der Waals surface area contributed by atoms with E-state index in [1.807, 2.05) is 0 Å². The van der Waals surface area contributed by atoms with Crippen LogP contribution in [-0.2, 0) is 5.41 Å². The molecule has 2 saturated carbocycles. The van der Waals surface area contributed by atoms with Gasteiger partial charge in [-0.15, -0.1) is 0 Å². The predicted octanol–water partition coefficient (Wildman–Crippen LogP) is 2.85. The molecule has 1 heteroatoms. The number of hydrogen-bond donors (Lipinski definition) is 1. The fourth-order valence-electron chi connectivity index (χ4n) is 3.43. The largest absolute Gasteiger partial charge is 0.324 e. The van der Waals surface area contributed by atoms with E-state index >= 15 is 0 Å². The van der Waals surface area contributed by atoms with Crippen molar-refractivity contribution < 1.29 is 0 Å². The molecular weight excluding hydrogens is 182 g/mol. The average Bonchev–Trinajstić information content (AvgIpc) is 2.75. The van der Waals surface area contributed by atoms with Gasteiger partial charge in [0, 0.05) is 11.0 Å². The highest BCUT2D eigenvalue weighted by molar-refractivity contribution is 5.38. The van der Waals surface area contributed by atoms with Gasteiger partial charge in [-0.2, -0.15) is 0 Å².